The van der Waals surface area contributed by atoms with E-state index in [4.69, 9.17) is 5.10 Å². The molecule has 8 heteroatoms. The van der Waals surface area contributed by atoms with Crippen molar-refractivity contribution in [1.82, 2.24) is 10.1 Å². The highest BCUT2D eigenvalue weighted by atomic mass is 32.2. The number of carbonyl (C=O) groups is 1. The highest BCUT2D eigenvalue weighted by molar-refractivity contribution is 7.99. The third-order valence-electron chi connectivity index (χ3n) is 4.45. The number of benzene rings is 1. The van der Waals surface area contributed by atoms with Crippen molar-refractivity contribution in [3.8, 4) is 11.3 Å². The molecule has 0 aliphatic carbocycles. The number of aryl methyl sites for hydroxylation is 1. The smallest absolute Gasteiger partial charge is 0.291 e. The van der Waals surface area contributed by atoms with Crippen LogP contribution in [0, 0.1) is 6.92 Å². The Morgan fingerprint density at radius 3 is 2.86 bits per heavy atom. The van der Waals surface area contributed by atoms with Crippen molar-refractivity contribution in [1.29, 1.82) is 0 Å². The lowest BCUT2D eigenvalue weighted by molar-refractivity contribution is -0.762. The number of hydrogen-bond acceptors (Lipinski definition) is 5. The van der Waals surface area contributed by atoms with Gasteiger partial charge in [-0.2, -0.15) is 0 Å². The second kappa shape index (κ2) is 7.37. The summed E-state index contributed by atoms with van der Waals surface area (Å²) in [6.45, 7) is 7.27. The van der Waals surface area contributed by atoms with Crippen LogP contribution in [-0.2, 0) is 4.79 Å². The minimum atomic E-state index is -0.508. The Balaban J connectivity index is 2.03. The Bertz CT molecular complexity index is 1140. The molecular weight excluding hydrogens is 392 g/mol. The minimum Gasteiger partial charge on any atom is -0.291 e. The van der Waals surface area contributed by atoms with Crippen molar-refractivity contribution in [2.45, 2.75) is 25.2 Å². The SMILES string of the molecule is C=CCSc1n[n+]2c(c(=O)[nH]1)-c1ccccc1N(C(C)=O)C2c1ccc(C)s1. The molecule has 1 aliphatic heterocycles. The van der Waals surface area contributed by atoms with Gasteiger partial charge in [0.1, 0.15) is 0 Å². The molecule has 0 bridgehead atoms. The number of thioether (sulfide) groups is 1. The average molecular weight is 412 g/mol. The van der Waals surface area contributed by atoms with E-state index in [0.717, 1.165) is 9.75 Å². The summed E-state index contributed by atoms with van der Waals surface area (Å²) in [7, 11) is 0. The summed E-state index contributed by atoms with van der Waals surface area (Å²) in [4.78, 5) is 32.4. The Morgan fingerprint density at radius 2 is 2.18 bits per heavy atom. The first-order valence-corrected chi connectivity index (χ1v) is 10.6. The summed E-state index contributed by atoms with van der Waals surface area (Å²) in [5.41, 5.74) is 1.63. The summed E-state index contributed by atoms with van der Waals surface area (Å²) < 4.78 is 1.68. The normalized spacial score (nSPS) is 15.1. The average Bonchev–Trinajstić information content (AvgIpc) is 3.10. The molecule has 3 aromatic rings. The zero-order valence-corrected chi connectivity index (χ0v) is 17.1. The molecule has 4 rings (SSSR count). The Morgan fingerprint density at radius 1 is 1.39 bits per heavy atom. The zero-order valence-electron chi connectivity index (χ0n) is 15.5. The number of nitrogens with one attached hydrogen (secondary N) is 1. The van der Waals surface area contributed by atoms with E-state index in [9.17, 15) is 9.59 Å². The van der Waals surface area contributed by atoms with E-state index in [1.54, 1.807) is 27.0 Å². The second-order valence-corrected chi connectivity index (χ2v) is 8.71. The van der Waals surface area contributed by atoms with Gasteiger partial charge in [-0.1, -0.05) is 30.0 Å². The topological polar surface area (TPSA) is 69.9 Å². The summed E-state index contributed by atoms with van der Waals surface area (Å²) in [5, 5.41) is 5.19. The standard InChI is InChI=1S/C20H18N4O2S2/c1-4-11-27-20-21-18(26)17-14-7-5-6-8-15(14)23(13(3)25)19(24(17)22-20)16-10-9-12(2)28-16/h4-10,19H,1,11H2,2-3H3/p+1. The summed E-state index contributed by atoms with van der Waals surface area (Å²) >= 11 is 2.99. The fourth-order valence-electron chi connectivity index (χ4n) is 3.37. The molecule has 2 aromatic heterocycles. The lowest BCUT2D eigenvalue weighted by Gasteiger charge is -2.30. The predicted octanol–water partition coefficient (Wildman–Crippen LogP) is 3.29. The number of H-pyrrole nitrogens is 1. The summed E-state index contributed by atoms with van der Waals surface area (Å²) in [6.07, 6.45) is 1.25. The van der Waals surface area contributed by atoms with Crippen LogP contribution in [0.1, 0.15) is 22.8 Å². The molecule has 0 saturated carbocycles. The van der Waals surface area contributed by atoms with Gasteiger partial charge < -0.3 is 0 Å². The van der Waals surface area contributed by atoms with Crippen LogP contribution in [0.3, 0.4) is 0 Å². The van der Waals surface area contributed by atoms with Crippen LogP contribution in [0.15, 0.2) is 59.0 Å². The van der Waals surface area contributed by atoms with E-state index in [2.05, 4.69) is 11.6 Å². The van der Waals surface area contributed by atoms with Crippen LogP contribution < -0.4 is 15.1 Å². The molecule has 6 nitrogen and oxygen atoms in total. The number of aromatic nitrogens is 3. The van der Waals surface area contributed by atoms with E-state index < -0.39 is 6.17 Å². The monoisotopic (exact) mass is 411 g/mol. The van der Waals surface area contributed by atoms with E-state index in [-0.39, 0.29) is 11.5 Å². The van der Waals surface area contributed by atoms with Gasteiger partial charge in [0.2, 0.25) is 11.1 Å². The van der Waals surface area contributed by atoms with Crippen LogP contribution in [0.4, 0.5) is 5.69 Å². The molecule has 1 aromatic carbocycles. The van der Waals surface area contributed by atoms with Gasteiger partial charge in [0.05, 0.1) is 16.1 Å². The van der Waals surface area contributed by atoms with Gasteiger partial charge in [-0.25, -0.2) is 4.90 Å². The zero-order chi connectivity index (χ0) is 19.8. The van der Waals surface area contributed by atoms with Crippen LogP contribution in [-0.4, -0.2) is 21.7 Å². The molecule has 1 aliphatic rings. The molecule has 0 radical (unpaired) electrons. The largest absolute Gasteiger partial charge is 0.325 e. The molecule has 1 atom stereocenters. The molecule has 1 N–H and O–H groups in total. The Labute approximate surface area is 170 Å². The number of aromatic amines is 1. The van der Waals surface area contributed by atoms with Crippen molar-refractivity contribution in [3.63, 3.8) is 0 Å². The first-order chi connectivity index (χ1) is 13.5. The lowest BCUT2D eigenvalue weighted by Crippen LogP contribution is -2.60. The second-order valence-electron chi connectivity index (χ2n) is 6.38. The van der Waals surface area contributed by atoms with E-state index >= 15 is 0 Å². The number of carbonyl (C=O) groups excluding carboxylic acids is 1. The highest BCUT2D eigenvalue weighted by Crippen LogP contribution is 2.38. The molecular formula is C20H19N4O2S2+. The third kappa shape index (κ3) is 3.08. The maximum Gasteiger partial charge on any atom is 0.325 e. The van der Waals surface area contributed by atoms with E-state index in [1.807, 2.05) is 43.3 Å². The van der Waals surface area contributed by atoms with E-state index in [1.165, 1.54) is 18.7 Å². The molecule has 0 saturated heterocycles. The van der Waals surface area contributed by atoms with Crippen LogP contribution in [0.2, 0.25) is 0 Å². The minimum absolute atomic E-state index is 0.107. The quantitative estimate of drug-likeness (QED) is 0.406. The number of anilines is 1. The summed E-state index contributed by atoms with van der Waals surface area (Å²) in [6, 6.07) is 11.5. The molecule has 1 unspecified atom stereocenters. The van der Waals surface area contributed by atoms with Gasteiger partial charge in [0.15, 0.2) is 0 Å². The maximum atomic E-state index is 13.0. The van der Waals surface area contributed by atoms with Crippen molar-refractivity contribution >= 4 is 34.7 Å². The first-order valence-electron chi connectivity index (χ1n) is 8.76. The van der Waals surface area contributed by atoms with E-state index in [0.29, 0.717) is 27.9 Å². The van der Waals surface area contributed by atoms with Crippen molar-refractivity contribution < 1.29 is 9.48 Å². The third-order valence-corrected chi connectivity index (χ3v) is 6.35. The number of fused-ring (bicyclic) bond motifs is 3. The number of nitrogens with zero attached hydrogens (tertiary/aromatic N) is 3. The van der Waals surface area contributed by atoms with Crippen molar-refractivity contribution in [3.05, 3.63) is 69.2 Å². The molecule has 28 heavy (non-hydrogen) atoms. The van der Waals surface area contributed by atoms with Gasteiger partial charge >= 0.3 is 17.4 Å². The van der Waals surface area contributed by atoms with Gasteiger partial charge in [0, 0.05) is 22.7 Å². The van der Waals surface area contributed by atoms with Crippen molar-refractivity contribution in [2.75, 3.05) is 10.7 Å². The Hall–Kier alpha value is -2.71. The lowest BCUT2D eigenvalue weighted by atomic mass is 10.0. The molecule has 1 amide bonds. The number of amides is 1. The van der Waals surface area contributed by atoms with Gasteiger partial charge in [-0.05, 0) is 35.9 Å². The molecule has 3 heterocycles. The predicted molar refractivity (Wildman–Crippen MR) is 112 cm³/mol. The van der Waals surface area contributed by atoms with Gasteiger partial charge in [0.25, 0.3) is 0 Å². The van der Waals surface area contributed by atoms with Crippen LogP contribution in [0.25, 0.3) is 11.3 Å². The fourth-order valence-corrected chi connectivity index (χ4v) is 4.91. The maximum absolute atomic E-state index is 13.0. The molecule has 0 spiro atoms. The number of hydrogen-bond donors (Lipinski definition) is 1. The van der Waals surface area contributed by atoms with Gasteiger partial charge in [-0.3, -0.25) is 14.6 Å². The molecule has 142 valence electrons. The van der Waals surface area contributed by atoms with Gasteiger partial charge in [-0.15, -0.1) is 17.9 Å². The number of rotatable bonds is 4. The summed E-state index contributed by atoms with van der Waals surface area (Å²) in [5.74, 6) is 0.516. The highest BCUT2D eigenvalue weighted by Gasteiger charge is 2.45. The Kier molecular flexibility index (Phi) is 4.91. The molecule has 0 fully saturated rings. The number of para-hydroxylation sites is 1. The van der Waals surface area contributed by atoms with Crippen molar-refractivity contribution in [2.24, 2.45) is 0 Å². The van der Waals surface area contributed by atoms with Crippen LogP contribution >= 0.6 is 23.1 Å². The fraction of sp³-hybridized carbons (Fsp3) is 0.200. The van der Waals surface area contributed by atoms with Crippen LogP contribution in [0.5, 0.6) is 0 Å². The number of thiophene rings is 1. The first kappa shape index (κ1) is 18.6.